The summed E-state index contributed by atoms with van der Waals surface area (Å²) in [6.45, 7) is 3.81. The van der Waals surface area contributed by atoms with Crippen molar-refractivity contribution in [3.8, 4) is 5.88 Å². The van der Waals surface area contributed by atoms with Crippen LogP contribution in [-0.2, 0) is 0 Å². The highest BCUT2D eigenvalue weighted by Crippen LogP contribution is 2.33. The van der Waals surface area contributed by atoms with Gasteiger partial charge in [0.15, 0.2) is 0 Å². The van der Waals surface area contributed by atoms with Gasteiger partial charge in [-0.1, -0.05) is 6.92 Å². The fourth-order valence-corrected chi connectivity index (χ4v) is 2.45. The van der Waals surface area contributed by atoms with E-state index in [1.807, 2.05) is 0 Å². The van der Waals surface area contributed by atoms with Crippen LogP contribution in [0, 0.1) is 23.0 Å². The number of hydrogen-bond donors (Lipinski definition) is 1. The van der Waals surface area contributed by atoms with Crippen molar-refractivity contribution in [2.24, 2.45) is 5.92 Å². The van der Waals surface area contributed by atoms with Crippen LogP contribution >= 0.6 is 0 Å². The van der Waals surface area contributed by atoms with E-state index in [0.717, 1.165) is 25.7 Å². The summed E-state index contributed by atoms with van der Waals surface area (Å²) in [6.07, 6.45) is 4.00. The summed E-state index contributed by atoms with van der Waals surface area (Å²) in [7, 11) is 1.67. The van der Waals surface area contributed by atoms with Crippen LogP contribution in [0.15, 0.2) is 0 Å². The molecule has 0 saturated heterocycles. The van der Waals surface area contributed by atoms with Crippen LogP contribution in [0.1, 0.15) is 38.3 Å². The van der Waals surface area contributed by atoms with Gasteiger partial charge in [-0.15, -0.1) is 0 Å². The molecule has 1 aromatic rings. The highest BCUT2D eigenvalue weighted by atomic mass is 16.6. The zero-order valence-corrected chi connectivity index (χ0v) is 12.0. The lowest BCUT2D eigenvalue weighted by Crippen LogP contribution is -2.24. The molecule has 1 aliphatic carbocycles. The summed E-state index contributed by atoms with van der Waals surface area (Å²) in [6, 6.07) is 0. The van der Waals surface area contributed by atoms with Crippen LogP contribution in [0.5, 0.6) is 5.88 Å². The molecule has 0 atom stereocenters. The van der Waals surface area contributed by atoms with Gasteiger partial charge in [-0.3, -0.25) is 10.1 Å². The normalized spacial score (nSPS) is 22.4. The first-order valence-electron chi connectivity index (χ1n) is 6.88. The van der Waals surface area contributed by atoms with Gasteiger partial charge in [0.2, 0.25) is 5.95 Å². The van der Waals surface area contributed by atoms with E-state index < -0.39 is 4.92 Å². The van der Waals surface area contributed by atoms with E-state index in [2.05, 4.69) is 22.2 Å². The van der Waals surface area contributed by atoms with E-state index in [9.17, 15) is 10.1 Å². The Morgan fingerprint density at radius 2 is 1.95 bits per heavy atom. The lowest BCUT2D eigenvalue weighted by Gasteiger charge is -2.26. The van der Waals surface area contributed by atoms with Crippen molar-refractivity contribution in [3.63, 3.8) is 0 Å². The number of nitro groups is 1. The van der Waals surface area contributed by atoms with Crippen LogP contribution in [-0.4, -0.2) is 28.0 Å². The van der Waals surface area contributed by atoms with Crippen LogP contribution in [0.2, 0.25) is 0 Å². The third-order valence-corrected chi connectivity index (χ3v) is 3.67. The molecule has 1 heterocycles. The molecule has 0 radical (unpaired) electrons. The Balaban J connectivity index is 2.24. The van der Waals surface area contributed by atoms with Crippen LogP contribution in [0.25, 0.3) is 0 Å². The Morgan fingerprint density at radius 1 is 1.30 bits per heavy atom. The predicted octanol–water partition coefficient (Wildman–Crippen LogP) is 2.69. The third-order valence-electron chi connectivity index (χ3n) is 3.67. The average molecular weight is 280 g/mol. The maximum Gasteiger partial charge on any atom is 0.352 e. The molecule has 0 aliphatic heterocycles. The Bertz CT molecular complexity index is 499. The van der Waals surface area contributed by atoms with E-state index in [4.69, 9.17) is 4.74 Å². The van der Waals surface area contributed by atoms with Gasteiger partial charge in [0.05, 0.1) is 4.92 Å². The largest absolute Gasteiger partial charge is 0.469 e. The maximum absolute atomic E-state index is 11.2. The predicted molar refractivity (Wildman–Crippen MR) is 75.0 cm³/mol. The molecule has 1 N–H and O–H groups in total. The zero-order valence-electron chi connectivity index (χ0n) is 12.0. The molecule has 7 heteroatoms. The van der Waals surface area contributed by atoms with Gasteiger partial charge in [0.1, 0.15) is 11.8 Å². The highest BCUT2D eigenvalue weighted by molar-refractivity contribution is 5.48. The van der Waals surface area contributed by atoms with Crippen molar-refractivity contribution in [3.05, 3.63) is 15.8 Å². The Morgan fingerprint density at radius 3 is 2.50 bits per heavy atom. The van der Waals surface area contributed by atoms with Crippen molar-refractivity contribution in [2.45, 2.75) is 45.6 Å². The molecule has 1 saturated carbocycles. The summed E-state index contributed by atoms with van der Waals surface area (Å²) in [4.78, 5) is 18.8. The standard InChI is InChI=1S/C13H20N4O3/c1-8-4-6-10(7-5-8)20-12-11(17(18)19)9(2)15-13(14-3)16-12/h8,10H,4-7H2,1-3H3,(H,14,15,16). The SMILES string of the molecule is CNc1nc(C)c([N+](=O)[O-])c(OC2CCC(C)CC2)n1. The van der Waals surface area contributed by atoms with Gasteiger partial charge in [-0.05, 0) is 38.5 Å². The molecule has 110 valence electrons. The molecule has 1 fully saturated rings. The minimum absolute atomic E-state index is 0.00362. The fraction of sp³-hybridized carbons (Fsp3) is 0.692. The van der Waals surface area contributed by atoms with Crippen LogP contribution < -0.4 is 10.1 Å². The number of rotatable bonds is 4. The van der Waals surface area contributed by atoms with Gasteiger partial charge in [-0.2, -0.15) is 4.98 Å². The third kappa shape index (κ3) is 3.15. The molecule has 0 aromatic carbocycles. The van der Waals surface area contributed by atoms with Crippen molar-refractivity contribution < 1.29 is 9.66 Å². The number of anilines is 1. The molecule has 0 spiro atoms. The van der Waals surface area contributed by atoms with Crippen molar-refractivity contribution in [1.82, 2.24) is 9.97 Å². The molecular formula is C13H20N4O3. The maximum atomic E-state index is 11.2. The number of aromatic nitrogens is 2. The minimum atomic E-state index is -0.477. The fourth-order valence-electron chi connectivity index (χ4n) is 2.45. The summed E-state index contributed by atoms with van der Waals surface area (Å²) in [5.74, 6) is 1.11. The Labute approximate surface area is 117 Å². The minimum Gasteiger partial charge on any atom is -0.469 e. The van der Waals surface area contributed by atoms with E-state index in [1.165, 1.54) is 0 Å². The first-order chi connectivity index (χ1) is 9.51. The topological polar surface area (TPSA) is 90.2 Å². The molecule has 1 aromatic heterocycles. The number of nitrogens with zero attached hydrogens (tertiary/aromatic N) is 3. The van der Waals surface area contributed by atoms with Gasteiger partial charge in [0, 0.05) is 7.05 Å². The monoisotopic (exact) mass is 280 g/mol. The highest BCUT2D eigenvalue weighted by Gasteiger charge is 2.27. The van der Waals surface area contributed by atoms with Gasteiger partial charge in [-0.25, -0.2) is 4.98 Å². The summed E-state index contributed by atoms with van der Waals surface area (Å²) >= 11 is 0. The summed E-state index contributed by atoms with van der Waals surface area (Å²) in [5, 5.41) is 14.0. The van der Waals surface area contributed by atoms with Crippen molar-refractivity contribution in [1.29, 1.82) is 0 Å². The lowest BCUT2D eigenvalue weighted by atomic mass is 9.89. The lowest BCUT2D eigenvalue weighted by molar-refractivity contribution is -0.387. The van der Waals surface area contributed by atoms with Crippen LogP contribution in [0.4, 0.5) is 11.6 Å². The van der Waals surface area contributed by atoms with E-state index in [1.54, 1.807) is 14.0 Å². The smallest absolute Gasteiger partial charge is 0.352 e. The molecule has 0 amide bonds. The first-order valence-corrected chi connectivity index (χ1v) is 6.88. The second-order valence-electron chi connectivity index (χ2n) is 5.29. The van der Waals surface area contributed by atoms with Crippen molar-refractivity contribution >= 4 is 11.6 Å². The number of nitrogens with one attached hydrogen (secondary N) is 1. The second-order valence-corrected chi connectivity index (χ2v) is 5.29. The van der Waals surface area contributed by atoms with Gasteiger partial charge < -0.3 is 10.1 Å². The molecule has 0 unspecified atom stereocenters. The van der Waals surface area contributed by atoms with Gasteiger partial charge in [0.25, 0.3) is 5.88 Å². The molecule has 1 aliphatic rings. The molecule has 20 heavy (non-hydrogen) atoms. The average Bonchev–Trinajstić information content (AvgIpc) is 2.40. The summed E-state index contributed by atoms with van der Waals surface area (Å²) in [5.41, 5.74) is 0.177. The Kier molecular flexibility index (Phi) is 4.36. The molecular weight excluding hydrogens is 260 g/mol. The first kappa shape index (κ1) is 14.5. The number of hydrogen-bond acceptors (Lipinski definition) is 6. The van der Waals surface area contributed by atoms with E-state index >= 15 is 0 Å². The quantitative estimate of drug-likeness (QED) is 0.673. The van der Waals surface area contributed by atoms with Crippen LogP contribution in [0.3, 0.4) is 0 Å². The summed E-state index contributed by atoms with van der Waals surface area (Å²) < 4.78 is 5.79. The second kappa shape index (κ2) is 6.02. The molecule has 0 bridgehead atoms. The van der Waals surface area contributed by atoms with E-state index in [-0.39, 0.29) is 17.7 Å². The molecule has 7 nitrogen and oxygen atoms in total. The number of aryl methyl sites for hydroxylation is 1. The Hall–Kier alpha value is -1.92. The van der Waals surface area contributed by atoms with Crippen molar-refractivity contribution in [2.75, 3.05) is 12.4 Å². The molecule has 2 rings (SSSR count). The van der Waals surface area contributed by atoms with E-state index in [0.29, 0.717) is 17.6 Å². The number of ether oxygens (including phenoxy) is 1. The zero-order chi connectivity index (χ0) is 14.7. The van der Waals surface area contributed by atoms with Gasteiger partial charge >= 0.3 is 5.69 Å².